The molecule has 1 atom stereocenters. The van der Waals surface area contributed by atoms with Crippen LogP contribution in [0.1, 0.15) is 28.5 Å². The molecule has 0 aliphatic carbocycles. The molecule has 1 fully saturated rings. The van der Waals surface area contributed by atoms with Crippen LogP contribution in [0.15, 0.2) is 6.07 Å². The summed E-state index contributed by atoms with van der Waals surface area (Å²) >= 11 is 1.73. The molecule has 1 saturated heterocycles. The number of nitrogens with one attached hydrogen (secondary N) is 1. The highest BCUT2D eigenvalue weighted by Crippen LogP contribution is 2.36. The van der Waals surface area contributed by atoms with Crippen LogP contribution in [0.3, 0.4) is 0 Å². The van der Waals surface area contributed by atoms with Gasteiger partial charge in [-0.05, 0) is 32.4 Å². The van der Waals surface area contributed by atoms with Gasteiger partial charge in [-0.2, -0.15) is 0 Å². The maximum absolute atomic E-state index is 9.67. The normalized spacial score (nSPS) is 23.3. The third-order valence-corrected chi connectivity index (χ3v) is 3.73. The van der Waals surface area contributed by atoms with Crippen molar-refractivity contribution >= 4 is 11.3 Å². The van der Waals surface area contributed by atoms with E-state index in [4.69, 9.17) is 0 Å². The Morgan fingerprint density at radius 3 is 3.00 bits per heavy atom. The van der Waals surface area contributed by atoms with Gasteiger partial charge in [0.2, 0.25) is 0 Å². The highest BCUT2D eigenvalue weighted by molar-refractivity contribution is 7.12. The maximum atomic E-state index is 9.67. The fraction of sp³-hybridized carbons (Fsp3) is 0.600. The molecule has 1 unspecified atom stereocenters. The monoisotopic (exact) mass is 197 g/mol. The van der Waals surface area contributed by atoms with E-state index in [-0.39, 0.29) is 0 Å². The van der Waals surface area contributed by atoms with Gasteiger partial charge in [0.05, 0.1) is 4.88 Å². The summed E-state index contributed by atoms with van der Waals surface area (Å²) in [5, 5.41) is 13.0. The summed E-state index contributed by atoms with van der Waals surface area (Å²) in [4.78, 5) is 2.38. The summed E-state index contributed by atoms with van der Waals surface area (Å²) in [5.41, 5.74) is 0. The molecule has 2 heterocycles. The van der Waals surface area contributed by atoms with Gasteiger partial charge in [0.25, 0.3) is 0 Å². The van der Waals surface area contributed by atoms with Crippen molar-refractivity contribution in [1.29, 1.82) is 0 Å². The molecule has 1 aromatic heterocycles. The number of hydrogen-bond acceptors (Lipinski definition) is 3. The summed E-state index contributed by atoms with van der Waals surface area (Å²) in [6.45, 7) is 4.19. The van der Waals surface area contributed by atoms with Gasteiger partial charge in [-0.15, -0.1) is 11.3 Å². The number of thiophene rings is 1. The van der Waals surface area contributed by atoms with Crippen LogP contribution in [0.4, 0.5) is 0 Å². The predicted octanol–water partition coefficient (Wildman–Crippen LogP) is 2.23. The van der Waals surface area contributed by atoms with E-state index in [1.54, 1.807) is 11.3 Å². The lowest BCUT2D eigenvalue weighted by atomic mass is 9.98. The van der Waals surface area contributed by atoms with Crippen molar-refractivity contribution in [2.75, 3.05) is 13.1 Å². The average molecular weight is 197 g/mol. The van der Waals surface area contributed by atoms with Crippen molar-refractivity contribution in [3.8, 4) is 5.75 Å². The van der Waals surface area contributed by atoms with Gasteiger partial charge in [0.1, 0.15) is 5.75 Å². The van der Waals surface area contributed by atoms with E-state index in [2.05, 4.69) is 5.32 Å². The lowest BCUT2D eigenvalue weighted by molar-refractivity contribution is 0.432. The van der Waals surface area contributed by atoms with Crippen LogP contribution in [0.25, 0.3) is 0 Å². The lowest BCUT2D eigenvalue weighted by Crippen LogP contribution is -2.27. The first-order valence-corrected chi connectivity index (χ1v) is 5.59. The van der Waals surface area contributed by atoms with Crippen LogP contribution >= 0.6 is 11.3 Å². The van der Waals surface area contributed by atoms with Crippen molar-refractivity contribution < 1.29 is 5.11 Å². The van der Waals surface area contributed by atoms with Crippen LogP contribution in [0.2, 0.25) is 0 Å². The predicted molar refractivity (Wildman–Crippen MR) is 55.6 cm³/mol. The van der Waals surface area contributed by atoms with Crippen molar-refractivity contribution in [2.24, 2.45) is 0 Å². The molecule has 0 aromatic carbocycles. The van der Waals surface area contributed by atoms with Crippen LogP contribution < -0.4 is 5.32 Å². The zero-order valence-corrected chi connectivity index (χ0v) is 8.66. The van der Waals surface area contributed by atoms with E-state index >= 15 is 0 Å². The zero-order valence-electron chi connectivity index (χ0n) is 7.84. The SMILES string of the molecule is Cc1cc(O)c(C2CCCNC2)s1. The summed E-state index contributed by atoms with van der Waals surface area (Å²) in [6, 6.07) is 1.87. The minimum absolute atomic E-state index is 0.496. The van der Waals surface area contributed by atoms with Gasteiger partial charge in [0, 0.05) is 17.3 Å². The summed E-state index contributed by atoms with van der Waals surface area (Å²) in [7, 11) is 0. The molecule has 13 heavy (non-hydrogen) atoms. The fourth-order valence-corrected chi connectivity index (χ4v) is 2.94. The van der Waals surface area contributed by atoms with E-state index in [1.807, 2.05) is 13.0 Å². The van der Waals surface area contributed by atoms with E-state index in [0.29, 0.717) is 11.7 Å². The van der Waals surface area contributed by atoms with Gasteiger partial charge >= 0.3 is 0 Å². The van der Waals surface area contributed by atoms with Gasteiger partial charge in [0.15, 0.2) is 0 Å². The molecule has 0 spiro atoms. The third-order valence-electron chi connectivity index (χ3n) is 2.53. The highest BCUT2D eigenvalue weighted by Gasteiger charge is 2.19. The second kappa shape index (κ2) is 3.68. The molecule has 0 saturated carbocycles. The van der Waals surface area contributed by atoms with Crippen LogP contribution in [-0.4, -0.2) is 18.2 Å². The quantitative estimate of drug-likeness (QED) is 0.723. The Labute approximate surface area is 82.6 Å². The van der Waals surface area contributed by atoms with E-state index in [1.165, 1.54) is 22.6 Å². The number of hydrogen-bond donors (Lipinski definition) is 2. The molecule has 0 radical (unpaired) electrons. The molecule has 1 aromatic rings. The average Bonchev–Trinajstić information content (AvgIpc) is 2.47. The minimum atomic E-state index is 0.496. The van der Waals surface area contributed by atoms with Crippen LogP contribution in [0.5, 0.6) is 5.75 Å². The molecule has 3 heteroatoms. The number of aryl methyl sites for hydroxylation is 1. The van der Waals surface area contributed by atoms with Crippen molar-refractivity contribution in [3.63, 3.8) is 0 Å². The van der Waals surface area contributed by atoms with Gasteiger partial charge in [-0.25, -0.2) is 0 Å². The van der Waals surface area contributed by atoms with Crippen molar-refractivity contribution in [3.05, 3.63) is 15.8 Å². The molecular weight excluding hydrogens is 182 g/mol. The number of piperidine rings is 1. The van der Waals surface area contributed by atoms with Gasteiger partial charge in [-0.1, -0.05) is 0 Å². The molecule has 1 aliphatic rings. The molecular formula is C10H15NOS. The Bertz CT molecular complexity index is 289. The molecule has 2 N–H and O–H groups in total. The molecule has 2 nitrogen and oxygen atoms in total. The molecule has 2 rings (SSSR count). The van der Waals surface area contributed by atoms with E-state index < -0.39 is 0 Å². The molecule has 0 bridgehead atoms. The minimum Gasteiger partial charge on any atom is -0.507 e. The molecule has 1 aliphatic heterocycles. The Morgan fingerprint density at radius 1 is 1.62 bits per heavy atom. The fourth-order valence-electron chi connectivity index (χ4n) is 1.89. The van der Waals surface area contributed by atoms with Gasteiger partial charge in [-0.3, -0.25) is 0 Å². The van der Waals surface area contributed by atoms with Crippen molar-refractivity contribution in [1.82, 2.24) is 5.32 Å². The Hall–Kier alpha value is -0.540. The summed E-state index contributed by atoms with van der Waals surface area (Å²) in [6.07, 6.45) is 2.43. The van der Waals surface area contributed by atoms with Crippen molar-refractivity contribution in [2.45, 2.75) is 25.7 Å². The standard InChI is InChI=1S/C10H15NOS/c1-7-5-9(12)10(13-7)8-3-2-4-11-6-8/h5,8,11-12H,2-4,6H2,1H3. The second-order valence-electron chi connectivity index (χ2n) is 3.65. The first-order valence-electron chi connectivity index (χ1n) is 4.77. The summed E-state index contributed by atoms with van der Waals surface area (Å²) < 4.78 is 0. The number of rotatable bonds is 1. The second-order valence-corrected chi connectivity index (χ2v) is 4.94. The Balaban J connectivity index is 2.18. The largest absolute Gasteiger partial charge is 0.507 e. The maximum Gasteiger partial charge on any atom is 0.130 e. The van der Waals surface area contributed by atoms with Crippen LogP contribution in [0, 0.1) is 6.92 Å². The molecule has 72 valence electrons. The highest BCUT2D eigenvalue weighted by atomic mass is 32.1. The van der Waals surface area contributed by atoms with Gasteiger partial charge < -0.3 is 10.4 Å². The smallest absolute Gasteiger partial charge is 0.130 e. The number of aromatic hydroxyl groups is 1. The lowest BCUT2D eigenvalue weighted by Gasteiger charge is -2.21. The third kappa shape index (κ3) is 1.86. The zero-order chi connectivity index (χ0) is 9.26. The topological polar surface area (TPSA) is 32.3 Å². The summed E-state index contributed by atoms with van der Waals surface area (Å²) in [5.74, 6) is 1.03. The van der Waals surface area contributed by atoms with Crippen LogP contribution in [-0.2, 0) is 0 Å². The van der Waals surface area contributed by atoms with E-state index in [9.17, 15) is 5.11 Å². The Kier molecular flexibility index (Phi) is 2.56. The molecule has 0 amide bonds. The first kappa shape index (κ1) is 9.03. The first-order chi connectivity index (χ1) is 6.27. The van der Waals surface area contributed by atoms with E-state index in [0.717, 1.165) is 13.1 Å². The Morgan fingerprint density at radius 2 is 2.46 bits per heavy atom.